The third kappa shape index (κ3) is 4.25. The fourth-order valence-electron chi connectivity index (χ4n) is 2.28. The van der Waals surface area contributed by atoms with Gasteiger partial charge in [0.25, 0.3) is 0 Å². The molecule has 0 unspecified atom stereocenters. The van der Waals surface area contributed by atoms with E-state index in [0.717, 1.165) is 45.9 Å². The van der Waals surface area contributed by atoms with Crippen molar-refractivity contribution in [3.63, 3.8) is 0 Å². The molecule has 1 aromatic carbocycles. The van der Waals surface area contributed by atoms with Gasteiger partial charge in [0, 0.05) is 21.1 Å². The van der Waals surface area contributed by atoms with E-state index in [4.69, 9.17) is 24.4 Å². The predicted octanol–water partition coefficient (Wildman–Crippen LogP) is 5.35. The van der Waals surface area contributed by atoms with Gasteiger partial charge in [-0.05, 0) is 26.2 Å². The molecule has 0 atom stereocenters. The van der Waals surface area contributed by atoms with E-state index in [9.17, 15) is 0 Å². The Morgan fingerprint density at radius 2 is 1.74 bits per heavy atom. The number of hydrogen-bond acceptors (Lipinski definition) is 4. The zero-order chi connectivity index (χ0) is 14.4. The normalized spacial score (nSPS) is 11.2. The van der Waals surface area contributed by atoms with Crippen molar-refractivity contribution in [3.05, 3.63) is 9.02 Å². The summed E-state index contributed by atoms with van der Waals surface area (Å²) in [7, 11) is 0. The fourth-order valence-corrected chi connectivity index (χ4v) is 2.87. The molecular weight excluding hydrogens is 272 g/mol. The predicted molar refractivity (Wildman–Crippen MR) is 93.3 cm³/mol. The molecule has 4 heteroatoms. The lowest BCUT2D eigenvalue weighted by Gasteiger charge is -2.27. The molecule has 0 saturated carbocycles. The van der Waals surface area contributed by atoms with Gasteiger partial charge in [0.15, 0.2) is 0 Å². The summed E-state index contributed by atoms with van der Waals surface area (Å²) in [6.45, 7) is 11.8. The van der Waals surface area contributed by atoms with E-state index in [-0.39, 0.29) is 1.43 Å². The first-order chi connectivity index (χ1) is 9.02. The maximum atomic E-state index is 5.37. The van der Waals surface area contributed by atoms with Crippen LogP contribution in [0.25, 0.3) is 0 Å². The molecule has 1 rings (SSSR count). The molecule has 0 aliphatic carbocycles. The molecule has 2 nitrogen and oxygen atoms in total. The minimum Gasteiger partial charge on any atom is -0.382 e. The van der Waals surface area contributed by atoms with E-state index in [0.29, 0.717) is 0 Å². The second-order valence-electron chi connectivity index (χ2n) is 5.37. The lowest BCUT2D eigenvalue weighted by Crippen LogP contribution is -2.25. The van der Waals surface area contributed by atoms with Gasteiger partial charge in [-0.2, -0.15) is 0 Å². The summed E-state index contributed by atoms with van der Waals surface area (Å²) >= 11 is 10.7. The van der Waals surface area contributed by atoms with Crippen LogP contribution < -0.4 is 10.2 Å². The Hall–Kier alpha value is -0.480. The molecule has 1 aromatic rings. The SMILES string of the molecule is CCN(CC)c1c(NCCCCC(C)C)c(=S)c1=S.[HH]. The third-order valence-electron chi connectivity index (χ3n) is 3.47. The van der Waals surface area contributed by atoms with Crippen molar-refractivity contribution >= 4 is 35.8 Å². The molecular formula is C15H28N2S2. The minimum absolute atomic E-state index is 0. The Morgan fingerprint density at radius 3 is 2.26 bits per heavy atom. The maximum absolute atomic E-state index is 5.37. The highest BCUT2D eigenvalue weighted by molar-refractivity contribution is 7.74. The van der Waals surface area contributed by atoms with Crippen molar-refractivity contribution in [1.29, 1.82) is 0 Å². The summed E-state index contributed by atoms with van der Waals surface area (Å²) in [5.41, 5.74) is 2.27. The molecule has 1 N–H and O–H groups in total. The Kier molecular flexibility index (Phi) is 6.94. The highest BCUT2D eigenvalue weighted by Crippen LogP contribution is 2.35. The molecule has 0 aliphatic heterocycles. The molecule has 0 saturated heterocycles. The van der Waals surface area contributed by atoms with Crippen LogP contribution in [-0.2, 0) is 0 Å². The van der Waals surface area contributed by atoms with Crippen molar-refractivity contribution < 1.29 is 1.43 Å². The van der Waals surface area contributed by atoms with Gasteiger partial charge in [-0.3, -0.25) is 0 Å². The van der Waals surface area contributed by atoms with Crippen LogP contribution in [0.3, 0.4) is 0 Å². The summed E-state index contributed by atoms with van der Waals surface area (Å²) < 4.78 is 1.71. The van der Waals surface area contributed by atoms with E-state index in [2.05, 4.69) is 37.9 Å². The number of rotatable bonds is 9. The van der Waals surface area contributed by atoms with Crippen molar-refractivity contribution in [2.24, 2.45) is 5.92 Å². The van der Waals surface area contributed by atoms with Gasteiger partial charge < -0.3 is 10.2 Å². The van der Waals surface area contributed by atoms with Crippen molar-refractivity contribution in [2.45, 2.75) is 47.0 Å². The Labute approximate surface area is 129 Å². The Morgan fingerprint density at radius 1 is 1.11 bits per heavy atom. The number of nitrogens with zero attached hydrogens (tertiary/aromatic N) is 1. The van der Waals surface area contributed by atoms with Crippen LogP contribution in [0.15, 0.2) is 0 Å². The van der Waals surface area contributed by atoms with Crippen LogP contribution in [-0.4, -0.2) is 19.6 Å². The minimum atomic E-state index is 0. The lowest BCUT2D eigenvalue weighted by atomic mass is 10.1. The number of hydrogen-bond donors (Lipinski definition) is 1. The maximum Gasteiger partial charge on any atom is 0.0834 e. The van der Waals surface area contributed by atoms with Crippen LogP contribution in [0, 0.1) is 14.9 Å². The van der Waals surface area contributed by atoms with E-state index < -0.39 is 0 Å². The molecule has 0 aromatic heterocycles. The average molecular weight is 301 g/mol. The molecule has 0 fully saturated rings. The van der Waals surface area contributed by atoms with Gasteiger partial charge >= 0.3 is 0 Å². The molecule has 19 heavy (non-hydrogen) atoms. The fraction of sp³-hybridized carbons (Fsp3) is 0.733. The van der Waals surface area contributed by atoms with Gasteiger partial charge in [-0.1, -0.05) is 51.1 Å². The monoisotopic (exact) mass is 300 g/mol. The largest absolute Gasteiger partial charge is 0.382 e. The lowest BCUT2D eigenvalue weighted by molar-refractivity contribution is 0.545. The van der Waals surface area contributed by atoms with E-state index in [1.807, 2.05) is 0 Å². The first-order valence-electron chi connectivity index (χ1n) is 7.35. The number of unbranched alkanes of at least 4 members (excludes halogenated alkanes) is 1. The highest BCUT2D eigenvalue weighted by Gasteiger charge is 2.18. The summed E-state index contributed by atoms with van der Waals surface area (Å²) in [5.74, 6) is 0.794. The van der Waals surface area contributed by atoms with Crippen molar-refractivity contribution in [1.82, 2.24) is 0 Å². The first-order valence-corrected chi connectivity index (χ1v) is 8.16. The van der Waals surface area contributed by atoms with Crippen LogP contribution in [0.5, 0.6) is 0 Å². The van der Waals surface area contributed by atoms with Crippen LogP contribution in [0.4, 0.5) is 11.4 Å². The molecule has 0 heterocycles. The molecule has 0 radical (unpaired) electrons. The molecule has 0 spiro atoms. The van der Waals surface area contributed by atoms with Crippen LogP contribution >= 0.6 is 24.4 Å². The second-order valence-corrected chi connectivity index (χ2v) is 6.19. The summed E-state index contributed by atoms with van der Waals surface area (Å²) in [5, 5.41) is 3.48. The zero-order valence-electron chi connectivity index (χ0n) is 12.6. The molecule has 0 bridgehead atoms. The van der Waals surface area contributed by atoms with E-state index in [1.54, 1.807) is 0 Å². The first kappa shape index (κ1) is 16.6. The summed E-state index contributed by atoms with van der Waals surface area (Å²) in [6, 6.07) is 0. The standard InChI is InChI=1S/C15H26N2S2.H2/c1-5-17(6-2)13-12(14(18)15(13)19)16-10-8-7-9-11(3)4;/h11,16H,5-10H2,1-4H3;1H. The number of anilines is 2. The van der Waals surface area contributed by atoms with Gasteiger partial charge in [-0.25, -0.2) is 0 Å². The van der Waals surface area contributed by atoms with Crippen LogP contribution in [0.1, 0.15) is 48.4 Å². The highest BCUT2D eigenvalue weighted by atomic mass is 32.1. The second kappa shape index (κ2) is 7.95. The Bertz CT molecular complexity index is 460. The smallest absolute Gasteiger partial charge is 0.0834 e. The quantitative estimate of drug-likeness (QED) is 0.488. The van der Waals surface area contributed by atoms with Gasteiger partial charge in [-0.15, -0.1) is 0 Å². The van der Waals surface area contributed by atoms with E-state index >= 15 is 0 Å². The molecule has 0 aliphatic rings. The number of nitrogens with one attached hydrogen (secondary N) is 1. The molecule has 0 amide bonds. The third-order valence-corrected chi connectivity index (χ3v) is 4.41. The molecule has 110 valence electrons. The average Bonchev–Trinajstić information content (AvgIpc) is 2.40. The van der Waals surface area contributed by atoms with Crippen molar-refractivity contribution in [2.75, 3.05) is 29.9 Å². The zero-order valence-corrected chi connectivity index (χ0v) is 14.2. The van der Waals surface area contributed by atoms with Gasteiger partial charge in [0.2, 0.25) is 0 Å². The summed E-state index contributed by atoms with van der Waals surface area (Å²) in [6.07, 6.45) is 3.77. The summed E-state index contributed by atoms with van der Waals surface area (Å²) in [4.78, 5) is 2.29. The van der Waals surface area contributed by atoms with Gasteiger partial charge in [0.1, 0.15) is 0 Å². The van der Waals surface area contributed by atoms with Crippen LogP contribution in [0.2, 0.25) is 0 Å². The van der Waals surface area contributed by atoms with Gasteiger partial charge in [0.05, 0.1) is 20.4 Å². The van der Waals surface area contributed by atoms with E-state index in [1.165, 1.54) is 19.3 Å². The Balaban J connectivity index is 0.00000361. The van der Waals surface area contributed by atoms with Crippen molar-refractivity contribution in [3.8, 4) is 0 Å². The topological polar surface area (TPSA) is 15.3 Å².